The fraction of sp³-hybridized carbons (Fsp3) is 0.615. The minimum Gasteiger partial charge on any atom is -0.467 e. The number of ether oxygens (including phenoxy) is 1. The molecular weight excluding hydrogens is 242 g/mol. The van der Waals surface area contributed by atoms with Gasteiger partial charge in [0, 0.05) is 19.3 Å². The van der Waals surface area contributed by atoms with Gasteiger partial charge in [0.15, 0.2) is 5.96 Å². The molecule has 2 rings (SSSR count). The molecular formula is C13H21N5O. The van der Waals surface area contributed by atoms with Crippen molar-refractivity contribution in [3.05, 3.63) is 18.0 Å². The van der Waals surface area contributed by atoms with E-state index in [4.69, 9.17) is 10.5 Å². The van der Waals surface area contributed by atoms with E-state index < -0.39 is 0 Å². The Morgan fingerprint density at radius 2 is 2.47 bits per heavy atom. The number of hydrogen-bond donors (Lipinski definition) is 1. The maximum atomic E-state index is 6.03. The van der Waals surface area contributed by atoms with Crippen molar-refractivity contribution in [2.45, 2.75) is 26.3 Å². The van der Waals surface area contributed by atoms with Crippen molar-refractivity contribution in [1.82, 2.24) is 14.9 Å². The first-order valence-electron chi connectivity index (χ1n) is 6.60. The molecule has 0 radical (unpaired) electrons. The Balaban J connectivity index is 1.96. The van der Waals surface area contributed by atoms with Gasteiger partial charge in [-0.15, -0.1) is 0 Å². The molecule has 0 aliphatic carbocycles. The van der Waals surface area contributed by atoms with Crippen LogP contribution in [-0.4, -0.2) is 41.0 Å². The summed E-state index contributed by atoms with van der Waals surface area (Å²) in [5.41, 5.74) is 6.84. The number of aliphatic imine (C=N–C) groups is 1. The van der Waals surface area contributed by atoms with Crippen LogP contribution in [0.3, 0.4) is 0 Å². The van der Waals surface area contributed by atoms with Gasteiger partial charge in [-0.3, -0.25) is 0 Å². The molecule has 0 spiro atoms. The SMILES string of the molecule is COc1nccc(CN=C(N)N2CCCC(C)C2)n1. The summed E-state index contributed by atoms with van der Waals surface area (Å²) < 4.78 is 4.98. The molecule has 1 aliphatic rings. The number of methoxy groups -OCH3 is 1. The summed E-state index contributed by atoms with van der Waals surface area (Å²) in [6.45, 7) is 4.68. The largest absolute Gasteiger partial charge is 0.467 e. The van der Waals surface area contributed by atoms with Crippen molar-refractivity contribution < 1.29 is 4.74 Å². The van der Waals surface area contributed by atoms with Gasteiger partial charge in [-0.05, 0) is 24.8 Å². The third-order valence-corrected chi connectivity index (χ3v) is 3.26. The number of hydrogen-bond acceptors (Lipinski definition) is 4. The van der Waals surface area contributed by atoms with Crippen molar-refractivity contribution in [3.8, 4) is 6.01 Å². The highest BCUT2D eigenvalue weighted by Crippen LogP contribution is 2.15. The Hall–Kier alpha value is -1.85. The van der Waals surface area contributed by atoms with Crippen molar-refractivity contribution in [2.75, 3.05) is 20.2 Å². The highest BCUT2D eigenvalue weighted by molar-refractivity contribution is 5.78. The van der Waals surface area contributed by atoms with Crippen LogP contribution in [0.1, 0.15) is 25.5 Å². The second kappa shape index (κ2) is 6.36. The topological polar surface area (TPSA) is 76.6 Å². The van der Waals surface area contributed by atoms with E-state index in [1.54, 1.807) is 13.3 Å². The van der Waals surface area contributed by atoms with Crippen LogP contribution < -0.4 is 10.5 Å². The van der Waals surface area contributed by atoms with Gasteiger partial charge in [0.2, 0.25) is 0 Å². The molecule has 1 saturated heterocycles. The molecule has 2 N–H and O–H groups in total. The average Bonchev–Trinajstić information content (AvgIpc) is 2.45. The summed E-state index contributed by atoms with van der Waals surface area (Å²) in [6, 6.07) is 2.18. The maximum absolute atomic E-state index is 6.03. The quantitative estimate of drug-likeness (QED) is 0.651. The fourth-order valence-electron chi connectivity index (χ4n) is 2.22. The first-order chi connectivity index (χ1) is 9.19. The maximum Gasteiger partial charge on any atom is 0.316 e. The molecule has 1 aromatic heterocycles. The summed E-state index contributed by atoms with van der Waals surface area (Å²) in [7, 11) is 1.55. The van der Waals surface area contributed by atoms with Crippen LogP contribution in [-0.2, 0) is 6.54 Å². The molecule has 1 atom stereocenters. The van der Waals surface area contributed by atoms with Gasteiger partial charge in [-0.1, -0.05) is 6.92 Å². The van der Waals surface area contributed by atoms with Gasteiger partial charge in [-0.25, -0.2) is 9.98 Å². The number of rotatable bonds is 3. The summed E-state index contributed by atoms with van der Waals surface area (Å²) in [6.07, 6.45) is 4.11. The van der Waals surface area contributed by atoms with Crippen LogP contribution in [0.5, 0.6) is 6.01 Å². The molecule has 2 heterocycles. The second-order valence-electron chi connectivity index (χ2n) is 4.90. The first-order valence-corrected chi connectivity index (χ1v) is 6.60. The molecule has 0 bridgehead atoms. The van der Waals surface area contributed by atoms with Gasteiger partial charge in [-0.2, -0.15) is 4.98 Å². The molecule has 1 aliphatic heterocycles. The van der Waals surface area contributed by atoms with Gasteiger partial charge in [0.05, 0.1) is 19.3 Å². The van der Waals surface area contributed by atoms with Crippen LogP contribution in [0.4, 0.5) is 0 Å². The number of nitrogens with zero attached hydrogens (tertiary/aromatic N) is 4. The predicted octanol–water partition coefficient (Wildman–Crippen LogP) is 1.03. The molecule has 104 valence electrons. The molecule has 1 fully saturated rings. The molecule has 0 saturated carbocycles. The molecule has 1 unspecified atom stereocenters. The number of aromatic nitrogens is 2. The van der Waals surface area contributed by atoms with Crippen molar-refractivity contribution in [2.24, 2.45) is 16.6 Å². The highest BCUT2D eigenvalue weighted by atomic mass is 16.5. The Morgan fingerprint density at radius 1 is 1.63 bits per heavy atom. The Morgan fingerprint density at radius 3 is 3.21 bits per heavy atom. The zero-order valence-corrected chi connectivity index (χ0v) is 11.5. The van der Waals surface area contributed by atoms with E-state index in [0.717, 1.165) is 18.8 Å². The Labute approximate surface area is 113 Å². The Kier molecular flexibility index (Phi) is 4.54. The van der Waals surface area contributed by atoms with Crippen LogP contribution in [0.25, 0.3) is 0 Å². The van der Waals surface area contributed by atoms with E-state index in [2.05, 4.69) is 26.8 Å². The standard InChI is InChI=1S/C13H21N5O/c1-10-4-3-7-18(9-10)12(14)16-8-11-5-6-15-13(17-11)19-2/h5-6,10H,3-4,7-9H2,1-2H3,(H2,14,16). The normalized spacial score (nSPS) is 20.4. The van der Waals surface area contributed by atoms with E-state index in [9.17, 15) is 0 Å². The van der Waals surface area contributed by atoms with Crippen LogP contribution in [0.15, 0.2) is 17.3 Å². The van der Waals surface area contributed by atoms with Crippen molar-refractivity contribution in [3.63, 3.8) is 0 Å². The van der Waals surface area contributed by atoms with E-state index in [1.807, 2.05) is 6.07 Å². The lowest BCUT2D eigenvalue weighted by molar-refractivity contribution is 0.270. The third kappa shape index (κ3) is 3.81. The lowest BCUT2D eigenvalue weighted by Crippen LogP contribution is -2.43. The lowest BCUT2D eigenvalue weighted by Gasteiger charge is -2.31. The van der Waals surface area contributed by atoms with Gasteiger partial charge < -0.3 is 15.4 Å². The smallest absolute Gasteiger partial charge is 0.316 e. The highest BCUT2D eigenvalue weighted by Gasteiger charge is 2.17. The van der Waals surface area contributed by atoms with E-state index in [1.165, 1.54) is 12.8 Å². The van der Waals surface area contributed by atoms with Gasteiger partial charge in [0.1, 0.15) is 0 Å². The van der Waals surface area contributed by atoms with Crippen molar-refractivity contribution >= 4 is 5.96 Å². The summed E-state index contributed by atoms with van der Waals surface area (Å²) in [4.78, 5) is 14.7. The fourth-order valence-corrected chi connectivity index (χ4v) is 2.22. The zero-order valence-electron chi connectivity index (χ0n) is 11.5. The number of nitrogens with two attached hydrogens (primary N) is 1. The average molecular weight is 263 g/mol. The van der Waals surface area contributed by atoms with E-state index >= 15 is 0 Å². The van der Waals surface area contributed by atoms with Crippen LogP contribution in [0, 0.1) is 5.92 Å². The predicted molar refractivity (Wildman–Crippen MR) is 73.9 cm³/mol. The minimum atomic E-state index is 0.359. The molecule has 19 heavy (non-hydrogen) atoms. The van der Waals surface area contributed by atoms with Gasteiger partial charge in [0.25, 0.3) is 0 Å². The molecule has 0 amide bonds. The summed E-state index contributed by atoms with van der Waals surface area (Å²) in [5.74, 6) is 1.28. The molecule has 6 heteroatoms. The number of likely N-dealkylation sites (tertiary alicyclic amines) is 1. The second-order valence-corrected chi connectivity index (χ2v) is 4.90. The minimum absolute atomic E-state index is 0.359. The number of guanidine groups is 1. The zero-order chi connectivity index (χ0) is 13.7. The van der Waals surface area contributed by atoms with Crippen molar-refractivity contribution in [1.29, 1.82) is 0 Å². The van der Waals surface area contributed by atoms with E-state index in [0.29, 0.717) is 24.4 Å². The molecule has 6 nitrogen and oxygen atoms in total. The van der Waals surface area contributed by atoms with E-state index in [-0.39, 0.29) is 0 Å². The van der Waals surface area contributed by atoms with Crippen LogP contribution >= 0.6 is 0 Å². The Bertz CT molecular complexity index is 448. The van der Waals surface area contributed by atoms with Crippen LogP contribution in [0.2, 0.25) is 0 Å². The monoisotopic (exact) mass is 263 g/mol. The molecule has 1 aromatic rings. The lowest BCUT2D eigenvalue weighted by atomic mass is 10.0. The number of piperidine rings is 1. The third-order valence-electron chi connectivity index (χ3n) is 3.26. The summed E-state index contributed by atoms with van der Waals surface area (Å²) >= 11 is 0. The van der Waals surface area contributed by atoms with Gasteiger partial charge >= 0.3 is 6.01 Å². The first kappa shape index (κ1) is 13.6. The molecule has 0 aromatic carbocycles. The summed E-state index contributed by atoms with van der Waals surface area (Å²) in [5, 5.41) is 0.